The van der Waals surface area contributed by atoms with Gasteiger partial charge in [-0.15, -0.1) is 0 Å². The van der Waals surface area contributed by atoms with Gasteiger partial charge in [-0.3, -0.25) is 0 Å². The van der Waals surface area contributed by atoms with Crippen molar-refractivity contribution in [2.45, 2.75) is 44.4 Å². The molecule has 0 saturated carbocycles. The first kappa shape index (κ1) is 15.2. The molecule has 0 radical (unpaired) electrons. The average molecular weight is 288 g/mol. The van der Waals surface area contributed by atoms with Crippen molar-refractivity contribution in [1.29, 1.82) is 0 Å². The largest absolute Gasteiger partial charge is 0.409 e. The molecule has 7 heteroatoms. The van der Waals surface area contributed by atoms with E-state index >= 15 is 0 Å². The van der Waals surface area contributed by atoms with Gasteiger partial charge in [-0.1, -0.05) is 37.2 Å². The van der Waals surface area contributed by atoms with Crippen molar-refractivity contribution in [3.05, 3.63) is 5.82 Å². The van der Waals surface area contributed by atoms with E-state index in [1.54, 1.807) is 11.8 Å². The summed E-state index contributed by atoms with van der Waals surface area (Å²) in [4.78, 5) is 4.30. The Morgan fingerprint density at radius 1 is 1.50 bits per heavy atom. The molecule has 1 rings (SSSR count). The topological polar surface area (TPSA) is 84.4 Å². The summed E-state index contributed by atoms with van der Waals surface area (Å²) in [5, 5.41) is 11.8. The highest BCUT2D eigenvalue weighted by molar-refractivity contribution is 8.00. The van der Waals surface area contributed by atoms with Gasteiger partial charge in [0.1, 0.15) is 11.7 Å². The summed E-state index contributed by atoms with van der Waals surface area (Å²) in [6.07, 6.45) is 3.05. The number of oxime groups is 1. The Morgan fingerprint density at radius 2 is 2.22 bits per heavy atom. The molecular weight excluding hydrogens is 268 g/mol. The summed E-state index contributed by atoms with van der Waals surface area (Å²) in [6.45, 7) is 5.88. The van der Waals surface area contributed by atoms with Crippen LogP contribution in [0.2, 0.25) is 0 Å². The van der Waals surface area contributed by atoms with Gasteiger partial charge >= 0.3 is 0 Å². The fourth-order valence-corrected chi connectivity index (χ4v) is 3.14. The van der Waals surface area contributed by atoms with E-state index in [9.17, 15) is 0 Å². The zero-order valence-corrected chi connectivity index (χ0v) is 12.6. The number of nitrogens with zero attached hydrogens (tertiary/aromatic N) is 3. The third-order valence-electron chi connectivity index (χ3n) is 2.73. The molecule has 0 fully saturated rings. The Labute approximate surface area is 116 Å². The molecular formula is C11H20N4OS2. The molecule has 0 saturated heterocycles. The minimum atomic E-state index is -0.237. The molecule has 5 nitrogen and oxygen atoms in total. The normalized spacial score (nSPS) is 12.9. The van der Waals surface area contributed by atoms with Crippen molar-refractivity contribution in [3.8, 4) is 0 Å². The van der Waals surface area contributed by atoms with E-state index in [1.165, 1.54) is 11.5 Å². The Balaban J connectivity index is 2.19. The fourth-order valence-electron chi connectivity index (χ4n) is 1.43. The predicted molar refractivity (Wildman–Crippen MR) is 76.4 cm³/mol. The first-order valence-corrected chi connectivity index (χ1v) is 7.63. The lowest BCUT2D eigenvalue weighted by atomic mass is 9.86. The van der Waals surface area contributed by atoms with Crippen LogP contribution in [0.5, 0.6) is 0 Å². The van der Waals surface area contributed by atoms with Crippen molar-refractivity contribution in [1.82, 2.24) is 9.36 Å². The van der Waals surface area contributed by atoms with E-state index < -0.39 is 0 Å². The lowest BCUT2D eigenvalue weighted by Gasteiger charge is -2.22. The molecule has 1 heterocycles. The van der Waals surface area contributed by atoms with Crippen LogP contribution in [-0.4, -0.2) is 26.2 Å². The molecule has 1 aromatic heterocycles. The van der Waals surface area contributed by atoms with Crippen LogP contribution in [-0.2, 0) is 0 Å². The molecule has 0 aliphatic carbocycles. The van der Waals surface area contributed by atoms with E-state index in [-0.39, 0.29) is 5.41 Å². The highest BCUT2D eigenvalue weighted by Crippen LogP contribution is 2.26. The van der Waals surface area contributed by atoms with Gasteiger partial charge in [-0.2, -0.15) is 4.37 Å². The maximum absolute atomic E-state index is 8.67. The lowest BCUT2D eigenvalue weighted by molar-refractivity contribution is 0.304. The van der Waals surface area contributed by atoms with Crippen LogP contribution in [0.1, 0.15) is 38.9 Å². The van der Waals surface area contributed by atoms with Gasteiger partial charge in [-0.05, 0) is 31.3 Å². The molecule has 0 aliphatic rings. The van der Waals surface area contributed by atoms with Gasteiger partial charge in [0.05, 0.1) is 0 Å². The number of aromatic nitrogens is 2. The maximum atomic E-state index is 8.67. The molecule has 0 atom stereocenters. The number of aryl methyl sites for hydroxylation is 1. The molecule has 102 valence electrons. The maximum Gasteiger partial charge on any atom is 0.170 e. The van der Waals surface area contributed by atoms with Crippen molar-refractivity contribution >= 4 is 29.1 Å². The monoisotopic (exact) mass is 288 g/mol. The molecule has 0 bridgehead atoms. The quantitative estimate of drug-likeness (QED) is 0.201. The van der Waals surface area contributed by atoms with Crippen LogP contribution >= 0.6 is 23.3 Å². The Bertz CT molecular complexity index is 404. The van der Waals surface area contributed by atoms with Gasteiger partial charge in [-0.25, -0.2) is 4.98 Å². The third-order valence-corrected chi connectivity index (χ3v) is 4.74. The summed E-state index contributed by atoms with van der Waals surface area (Å²) in [5.74, 6) is 2.17. The molecule has 0 spiro atoms. The van der Waals surface area contributed by atoms with E-state index in [1.807, 2.05) is 20.8 Å². The second kappa shape index (κ2) is 6.94. The highest BCUT2D eigenvalue weighted by atomic mass is 32.2. The van der Waals surface area contributed by atoms with E-state index in [2.05, 4.69) is 14.5 Å². The van der Waals surface area contributed by atoms with Gasteiger partial charge in [0.15, 0.2) is 4.34 Å². The molecule has 18 heavy (non-hydrogen) atoms. The number of hydrogen-bond acceptors (Lipinski definition) is 6. The van der Waals surface area contributed by atoms with E-state index in [0.29, 0.717) is 5.84 Å². The number of hydrogen-bond donors (Lipinski definition) is 2. The molecule has 3 N–H and O–H groups in total. The molecule has 0 unspecified atom stereocenters. The minimum Gasteiger partial charge on any atom is -0.409 e. The SMILES string of the molecule is Cc1nsc(SCCCCC(C)(C)C(N)=NO)n1. The van der Waals surface area contributed by atoms with Gasteiger partial charge in [0, 0.05) is 11.2 Å². The van der Waals surface area contributed by atoms with Crippen molar-refractivity contribution in [2.24, 2.45) is 16.3 Å². The molecule has 0 aliphatic heterocycles. The highest BCUT2D eigenvalue weighted by Gasteiger charge is 2.22. The Hall–Kier alpha value is -0.820. The summed E-state index contributed by atoms with van der Waals surface area (Å²) < 4.78 is 5.17. The number of nitrogens with two attached hydrogens (primary N) is 1. The van der Waals surface area contributed by atoms with Gasteiger partial charge in [0.2, 0.25) is 0 Å². The summed E-state index contributed by atoms with van der Waals surface area (Å²) in [6, 6.07) is 0. The van der Waals surface area contributed by atoms with Crippen molar-refractivity contribution in [3.63, 3.8) is 0 Å². The number of unbranched alkanes of at least 4 members (excludes halogenated alkanes) is 1. The predicted octanol–water partition coefficient (Wildman–Crippen LogP) is 2.88. The van der Waals surface area contributed by atoms with Gasteiger partial charge in [0.25, 0.3) is 0 Å². The molecule has 1 aromatic rings. The molecule has 0 aromatic carbocycles. The number of rotatable bonds is 7. The fraction of sp³-hybridized carbons (Fsp3) is 0.727. The zero-order valence-electron chi connectivity index (χ0n) is 11.0. The third kappa shape index (κ3) is 4.81. The van der Waals surface area contributed by atoms with E-state index in [4.69, 9.17) is 10.9 Å². The van der Waals surface area contributed by atoms with E-state index in [0.717, 1.165) is 35.2 Å². The first-order valence-electron chi connectivity index (χ1n) is 5.87. The first-order chi connectivity index (χ1) is 8.45. The van der Waals surface area contributed by atoms with Crippen LogP contribution in [0, 0.1) is 12.3 Å². The van der Waals surface area contributed by atoms with Crippen LogP contribution in [0.15, 0.2) is 9.50 Å². The van der Waals surface area contributed by atoms with Gasteiger partial charge < -0.3 is 10.9 Å². The molecule has 0 amide bonds. The van der Waals surface area contributed by atoms with Crippen LogP contribution in [0.25, 0.3) is 0 Å². The second-order valence-electron chi connectivity index (χ2n) is 4.78. The number of thioether (sulfide) groups is 1. The average Bonchev–Trinajstić information content (AvgIpc) is 2.73. The summed E-state index contributed by atoms with van der Waals surface area (Å²) in [7, 11) is 0. The van der Waals surface area contributed by atoms with Crippen molar-refractivity contribution in [2.75, 3.05) is 5.75 Å². The van der Waals surface area contributed by atoms with Crippen molar-refractivity contribution < 1.29 is 5.21 Å². The standard InChI is InChI=1S/C11H20N4OS2/c1-8-13-10(18-15-8)17-7-5-4-6-11(2,3)9(12)14-16/h16H,4-7H2,1-3H3,(H2,12,14). The summed E-state index contributed by atoms with van der Waals surface area (Å²) in [5.41, 5.74) is 5.40. The van der Waals surface area contributed by atoms with Crippen LogP contribution in [0.4, 0.5) is 0 Å². The lowest BCUT2D eigenvalue weighted by Crippen LogP contribution is -2.31. The summed E-state index contributed by atoms with van der Waals surface area (Å²) >= 11 is 3.19. The second-order valence-corrected chi connectivity index (χ2v) is 6.88. The van der Waals surface area contributed by atoms with Crippen LogP contribution < -0.4 is 5.73 Å². The minimum absolute atomic E-state index is 0.237. The zero-order chi connectivity index (χ0) is 13.6. The number of amidine groups is 1. The Morgan fingerprint density at radius 3 is 2.78 bits per heavy atom. The van der Waals surface area contributed by atoms with Crippen LogP contribution in [0.3, 0.4) is 0 Å². The smallest absolute Gasteiger partial charge is 0.170 e. The Kier molecular flexibility index (Phi) is 5.87.